The van der Waals surface area contributed by atoms with Crippen LogP contribution in [0.3, 0.4) is 0 Å². The number of benzene rings is 1. The SMILES string of the molecule is CCCN(CCCOC)Cc1cccc(N)c1. The molecule has 1 aromatic carbocycles. The maximum Gasteiger partial charge on any atom is 0.0474 e. The summed E-state index contributed by atoms with van der Waals surface area (Å²) in [5, 5.41) is 0. The van der Waals surface area contributed by atoms with Crippen LogP contribution in [0.5, 0.6) is 0 Å². The van der Waals surface area contributed by atoms with Gasteiger partial charge in [-0.1, -0.05) is 19.1 Å². The Balaban J connectivity index is 2.47. The monoisotopic (exact) mass is 236 g/mol. The molecule has 3 nitrogen and oxygen atoms in total. The Morgan fingerprint density at radius 1 is 1.29 bits per heavy atom. The predicted octanol–water partition coefficient (Wildman–Crippen LogP) is 2.52. The van der Waals surface area contributed by atoms with Gasteiger partial charge in [0.15, 0.2) is 0 Å². The molecule has 0 saturated heterocycles. The van der Waals surface area contributed by atoms with Gasteiger partial charge in [-0.15, -0.1) is 0 Å². The third-order valence-corrected chi connectivity index (χ3v) is 2.72. The molecule has 0 fully saturated rings. The van der Waals surface area contributed by atoms with Gasteiger partial charge in [0, 0.05) is 32.5 Å². The number of hydrogen-bond acceptors (Lipinski definition) is 3. The molecular formula is C14H24N2O. The van der Waals surface area contributed by atoms with Gasteiger partial charge in [-0.2, -0.15) is 0 Å². The second-order valence-electron chi connectivity index (χ2n) is 4.37. The van der Waals surface area contributed by atoms with Crippen molar-refractivity contribution in [2.24, 2.45) is 0 Å². The summed E-state index contributed by atoms with van der Waals surface area (Å²) in [6.07, 6.45) is 2.26. The molecule has 0 atom stereocenters. The number of ether oxygens (including phenoxy) is 1. The second kappa shape index (κ2) is 8.09. The van der Waals surface area contributed by atoms with E-state index in [4.69, 9.17) is 10.5 Å². The summed E-state index contributed by atoms with van der Waals surface area (Å²) in [4.78, 5) is 2.45. The summed E-state index contributed by atoms with van der Waals surface area (Å²) in [5.41, 5.74) is 7.92. The maximum atomic E-state index is 5.79. The number of rotatable bonds is 8. The Morgan fingerprint density at radius 3 is 2.76 bits per heavy atom. The van der Waals surface area contributed by atoms with Crippen molar-refractivity contribution in [2.45, 2.75) is 26.3 Å². The minimum absolute atomic E-state index is 0.830. The van der Waals surface area contributed by atoms with Crippen molar-refractivity contribution in [2.75, 3.05) is 32.5 Å². The van der Waals surface area contributed by atoms with E-state index >= 15 is 0 Å². The van der Waals surface area contributed by atoms with Gasteiger partial charge < -0.3 is 10.5 Å². The number of hydrogen-bond donors (Lipinski definition) is 1. The van der Waals surface area contributed by atoms with E-state index in [-0.39, 0.29) is 0 Å². The van der Waals surface area contributed by atoms with E-state index in [2.05, 4.69) is 24.0 Å². The molecule has 96 valence electrons. The minimum Gasteiger partial charge on any atom is -0.399 e. The van der Waals surface area contributed by atoms with E-state index in [1.807, 2.05) is 12.1 Å². The highest BCUT2D eigenvalue weighted by molar-refractivity contribution is 5.40. The molecule has 0 bridgehead atoms. The standard InChI is InChI=1S/C14H24N2O/c1-3-8-16(9-5-10-17-2)12-13-6-4-7-14(15)11-13/h4,6-7,11H,3,5,8-10,12,15H2,1-2H3. The molecule has 0 aliphatic heterocycles. The minimum atomic E-state index is 0.830. The van der Waals surface area contributed by atoms with Crippen molar-refractivity contribution in [3.63, 3.8) is 0 Å². The molecule has 17 heavy (non-hydrogen) atoms. The number of anilines is 1. The largest absolute Gasteiger partial charge is 0.399 e. The normalized spacial score (nSPS) is 11.0. The van der Waals surface area contributed by atoms with Crippen LogP contribution >= 0.6 is 0 Å². The Bertz CT molecular complexity index is 315. The van der Waals surface area contributed by atoms with Gasteiger partial charge in [0.2, 0.25) is 0 Å². The molecule has 0 unspecified atom stereocenters. The molecule has 1 rings (SSSR count). The van der Waals surface area contributed by atoms with E-state index < -0.39 is 0 Å². The van der Waals surface area contributed by atoms with E-state index in [0.717, 1.165) is 38.3 Å². The summed E-state index contributed by atoms with van der Waals surface area (Å²) >= 11 is 0. The zero-order valence-corrected chi connectivity index (χ0v) is 11.0. The lowest BCUT2D eigenvalue weighted by atomic mass is 10.2. The maximum absolute atomic E-state index is 5.79. The molecule has 0 radical (unpaired) electrons. The number of nitrogens with two attached hydrogens (primary N) is 1. The highest BCUT2D eigenvalue weighted by Crippen LogP contribution is 2.10. The third kappa shape index (κ3) is 5.71. The fraction of sp³-hybridized carbons (Fsp3) is 0.571. The van der Waals surface area contributed by atoms with Crippen LogP contribution in [0, 0.1) is 0 Å². The highest BCUT2D eigenvalue weighted by atomic mass is 16.5. The quantitative estimate of drug-likeness (QED) is 0.557. The highest BCUT2D eigenvalue weighted by Gasteiger charge is 2.04. The van der Waals surface area contributed by atoms with Gasteiger partial charge in [-0.3, -0.25) is 4.90 Å². The van der Waals surface area contributed by atoms with Crippen LogP contribution in [-0.4, -0.2) is 31.7 Å². The summed E-state index contributed by atoms with van der Waals surface area (Å²) in [7, 11) is 1.75. The molecule has 1 aromatic rings. The molecule has 0 saturated carbocycles. The lowest BCUT2D eigenvalue weighted by molar-refractivity contribution is 0.169. The lowest BCUT2D eigenvalue weighted by Crippen LogP contribution is -2.26. The molecule has 2 N–H and O–H groups in total. The molecule has 0 heterocycles. The first kappa shape index (κ1) is 14.0. The van der Waals surface area contributed by atoms with E-state index in [0.29, 0.717) is 0 Å². The van der Waals surface area contributed by atoms with Gasteiger partial charge in [0.1, 0.15) is 0 Å². The lowest BCUT2D eigenvalue weighted by Gasteiger charge is -2.21. The zero-order valence-electron chi connectivity index (χ0n) is 11.0. The van der Waals surface area contributed by atoms with Crippen molar-refractivity contribution < 1.29 is 4.74 Å². The van der Waals surface area contributed by atoms with Gasteiger partial charge in [0.25, 0.3) is 0 Å². The van der Waals surface area contributed by atoms with Crippen LogP contribution in [0.4, 0.5) is 5.69 Å². The van der Waals surface area contributed by atoms with Crippen molar-refractivity contribution in [1.82, 2.24) is 4.90 Å². The fourth-order valence-electron chi connectivity index (χ4n) is 1.97. The molecule has 0 amide bonds. The first-order valence-electron chi connectivity index (χ1n) is 6.32. The molecule has 0 aliphatic carbocycles. The molecule has 0 spiro atoms. The summed E-state index contributed by atoms with van der Waals surface area (Å²) < 4.78 is 5.09. The van der Waals surface area contributed by atoms with E-state index in [1.165, 1.54) is 12.0 Å². The van der Waals surface area contributed by atoms with Gasteiger partial charge in [0.05, 0.1) is 0 Å². The summed E-state index contributed by atoms with van der Waals surface area (Å²) in [6.45, 7) is 6.22. The third-order valence-electron chi connectivity index (χ3n) is 2.72. The van der Waals surface area contributed by atoms with Gasteiger partial charge in [-0.25, -0.2) is 0 Å². The Kier molecular flexibility index (Phi) is 6.67. The van der Waals surface area contributed by atoms with Crippen molar-refractivity contribution in [3.05, 3.63) is 29.8 Å². The Labute approximate surface area is 105 Å². The van der Waals surface area contributed by atoms with Crippen LogP contribution in [0.15, 0.2) is 24.3 Å². The topological polar surface area (TPSA) is 38.5 Å². The number of nitrogens with zero attached hydrogens (tertiary/aromatic N) is 1. The van der Waals surface area contributed by atoms with Crippen molar-refractivity contribution in [1.29, 1.82) is 0 Å². The van der Waals surface area contributed by atoms with Crippen molar-refractivity contribution in [3.8, 4) is 0 Å². The Hall–Kier alpha value is -1.06. The number of methoxy groups -OCH3 is 1. The molecular weight excluding hydrogens is 212 g/mol. The predicted molar refractivity (Wildman–Crippen MR) is 72.9 cm³/mol. The molecule has 0 aliphatic rings. The van der Waals surface area contributed by atoms with Gasteiger partial charge >= 0.3 is 0 Å². The summed E-state index contributed by atoms with van der Waals surface area (Å²) in [6, 6.07) is 8.14. The molecule has 0 aromatic heterocycles. The van der Waals surface area contributed by atoms with E-state index in [9.17, 15) is 0 Å². The first-order chi connectivity index (χ1) is 8.26. The number of nitrogen functional groups attached to an aromatic ring is 1. The van der Waals surface area contributed by atoms with Crippen LogP contribution in [-0.2, 0) is 11.3 Å². The van der Waals surface area contributed by atoms with Crippen molar-refractivity contribution >= 4 is 5.69 Å². The Morgan fingerprint density at radius 2 is 2.12 bits per heavy atom. The van der Waals surface area contributed by atoms with Crippen LogP contribution in [0.2, 0.25) is 0 Å². The zero-order chi connectivity index (χ0) is 12.5. The van der Waals surface area contributed by atoms with Crippen LogP contribution in [0.1, 0.15) is 25.3 Å². The average Bonchev–Trinajstić information content (AvgIpc) is 2.29. The summed E-state index contributed by atoms with van der Waals surface area (Å²) in [5.74, 6) is 0. The van der Waals surface area contributed by atoms with Gasteiger partial charge in [-0.05, 0) is 37.1 Å². The van der Waals surface area contributed by atoms with E-state index in [1.54, 1.807) is 7.11 Å². The second-order valence-corrected chi connectivity index (χ2v) is 4.37. The average molecular weight is 236 g/mol. The van der Waals surface area contributed by atoms with Crippen LogP contribution < -0.4 is 5.73 Å². The molecule has 3 heteroatoms. The fourth-order valence-corrected chi connectivity index (χ4v) is 1.97. The van der Waals surface area contributed by atoms with Crippen LogP contribution in [0.25, 0.3) is 0 Å². The first-order valence-corrected chi connectivity index (χ1v) is 6.32. The smallest absolute Gasteiger partial charge is 0.0474 e.